The molecule has 0 aliphatic carbocycles. The predicted octanol–water partition coefficient (Wildman–Crippen LogP) is 1.69. The highest BCUT2D eigenvalue weighted by molar-refractivity contribution is 7.91. The molecule has 2 aromatic heterocycles. The van der Waals surface area contributed by atoms with Gasteiger partial charge in [0.05, 0.1) is 16.9 Å². The van der Waals surface area contributed by atoms with Crippen LogP contribution in [-0.4, -0.2) is 34.5 Å². The lowest BCUT2D eigenvalue weighted by Crippen LogP contribution is -2.26. The van der Waals surface area contributed by atoms with Gasteiger partial charge < -0.3 is 10.3 Å². The van der Waals surface area contributed by atoms with Gasteiger partial charge in [-0.2, -0.15) is 0 Å². The highest BCUT2D eigenvalue weighted by Crippen LogP contribution is 2.34. The second kappa shape index (κ2) is 4.69. The summed E-state index contributed by atoms with van der Waals surface area (Å²) in [5, 5.41) is 0.895. The summed E-state index contributed by atoms with van der Waals surface area (Å²) in [4.78, 5) is 8.79. The van der Waals surface area contributed by atoms with Crippen molar-refractivity contribution in [2.45, 2.75) is 39.7 Å². The van der Waals surface area contributed by atoms with Gasteiger partial charge in [0.1, 0.15) is 27.1 Å². The Morgan fingerprint density at radius 1 is 1.14 bits per heavy atom. The number of nitrogens with zero attached hydrogens (tertiary/aromatic N) is 3. The Morgan fingerprint density at radius 2 is 1.76 bits per heavy atom. The van der Waals surface area contributed by atoms with Gasteiger partial charge in [0.15, 0.2) is 0 Å². The van der Waals surface area contributed by atoms with E-state index in [9.17, 15) is 8.42 Å². The molecule has 0 aromatic carbocycles. The normalized spacial score (nSPS) is 19.2. The molecular weight excluding hydrogens is 288 g/mol. The molecule has 0 atom stereocenters. The average molecular weight is 308 g/mol. The van der Waals surface area contributed by atoms with E-state index >= 15 is 0 Å². The van der Waals surface area contributed by atoms with Gasteiger partial charge in [-0.1, -0.05) is 0 Å². The maximum absolute atomic E-state index is 11.6. The fourth-order valence-electron chi connectivity index (χ4n) is 3.22. The summed E-state index contributed by atoms with van der Waals surface area (Å²) in [5.41, 5.74) is 9.06. The van der Waals surface area contributed by atoms with E-state index in [0.717, 1.165) is 22.3 Å². The van der Waals surface area contributed by atoms with Gasteiger partial charge in [-0.05, 0) is 39.2 Å². The molecule has 0 spiro atoms. The molecule has 0 bridgehead atoms. The summed E-state index contributed by atoms with van der Waals surface area (Å²) in [6, 6.07) is 0.165. The number of nitrogen functional groups attached to an aromatic ring is 1. The largest absolute Gasteiger partial charge is 0.383 e. The molecule has 6 nitrogen and oxygen atoms in total. The minimum absolute atomic E-state index is 0.165. The van der Waals surface area contributed by atoms with E-state index < -0.39 is 9.84 Å². The van der Waals surface area contributed by atoms with Gasteiger partial charge in [0.2, 0.25) is 0 Å². The van der Waals surface area contributed by atoms with Crippen LogP contribution in [0.25, 0.3) is 11.0 Å². The van der Waals surface area contributed by atoms with Crippen molar-refractivity contribution >= 4 is 26.7 Å². The third kappa shape index (κ3) is 2.29. The molecule has 0 saturated carbocycles. The van der Waals surface area contributed by atoms with Gasteiger partial charge in [-0.3, -0.25) is 0 Å². The average Bonchev–Trinajstić information content (AvgIpc) is 2.63. The van der Waals surface area contributed by atoms with Crippen molar-refractivity contribution in [3.8, 4) is 0 Å². The summed E-state index contributed by atoms with van der Waals surface area (Å²) in [6.45, 7) is 5.88. The van der Waals surface area contributed by atoms with E-state index in [1.165, 1.54) is 0 Å². The summed E-state index contributed by atoms with van der Waals surface area (Å²) in [5.74, 6) is 1.63. The number of hydrogen-bond acceptors (Lipinski definition) is 5. The molecule has 1 aliphatic heterocycles. The van der Waals surface area contributed by atoms with Crippen LogP contribution < -0.4 is 5.73 Å². The SMILES string of the molecule is Cc1nc(N)c2c(C)c(C)n(C3CCS(=O)(=O)CC3)c2n1. The second-order valence-corrected chi connectivity index (χ2v) is 8.12. The lowest BCUT2D eigenvalue weighted by atomic mass is 10.1. The van der Waals surface area contributed by atoms with Crippen LogP contribution in [-0.2, 0) is 9.84 Å². The Kier molecular flexibility index (Phi) is 3.20. The highest BCUT2D eigenvalue weighted by Gasteiger charge is 2.28. The molecule has 3 rings (SSSR count). The first-order chi connectivity index (χ1) is 9.80. The van der Waals surface area contributed by atoms with E-state index in [0.29, 0.717) is 24.5 Å². The van der Waals surface area contributed by atoms with E-state index in [1.807, 2.05) is 20.8 Å². The Bertz CT molecular complexity index is 809. The van der Waals surface area contributed by atoms with Crippen LogP contribution >= 0.6 is 0 Å². The minimum atomic E-state index is -2.87. The second-order valence-electron chi connectivity index (χ2n) is 5.82. The Hall–Kier alpha value is -1.63. The number of anilines is 1. The zero-order valence-electron chi connectivity index (χ0n) is 12.5. The van der Waals surface area contributed by atoms with Crippen molar-refractivity contribution in [2.75, 3.05) is 17.2 Å². The van der Waals surface area contributed by atoms with Crippen molar-refractivity contribution in [3.05, 3.63) is 17.1 Å². The lowest BCUT2D eigenvalue weighted by molar-refractivity contribution is 0.452. The number of aryl methyl sites for hydroxylation is 2. The van der Waals surface area contributed by atoms with Gasteiger partial charge in [-0.25, -0.2) is 18.4 Å². The molecule has 0 amide bonds. The molecule has 2 N–H and O–H groups in total. The standard InChI is InChI=1S/C14H20N4O2S/c1-8-9(2)18(11-4-6-21(19,20)7-5-11)14-12(8)13(15)16-10(3)17-14/h11H,4-7H2,1-3H3,(H2,15,16,17). The maximum atomic E-state index is 11.6. The molecule has 3 heterocycles. The fraction of sp³-hybridized carbons (Fsp3) is 0.571. The van der Waals surface area contributed by atoms with Crippen molar-refractivity contribution in [1.82, 2.24) is 14.5 Å². The topological polar surface area (TPSA) is 90.9 Å². The smallest absolute Gasteiger partial charge is 0.150 e. The molecule has 114 valence electrons. The van der Waals surface area contributed by atoms with E-state index in [-0.39, 0.29) is 17.5 Å². The minimum Gasteiger partial charge on any atom is -0.383 e. The summed E-state index contributed by atoms with van der Waals surface area (Å²) < 4.78 is 25.4. The Balaban J connectivity index is 2.17. The fourth-order valence-corrected chi connectivity index (χ4v) is 4.68. The number of aromatic nitrogens is 3. The number of fused-ring (bicyclic) bond motifs is 1. The third-order valence-electron chi connectivity index (χ3n) is 4.43. The van der Waals surface area contributed by atoms with Crippen molar-refractivity contribution in [3.63, 3.8) is 0 Å². The number of nitrogens with two attached hydrogens (primary N) is 1. The first kappa shape index (κ1) is 14.3. The van der Waals surface area contributed by atoms with Gasteiger partial charge in [0, 0.05) is 11.7 Å². The molecule has 1 aliphatic rings. The molecule has 7 heteroatoms. The van der Waals surface area contributed by atoms with Crippen molar-refractivity contribution < 1.29 is 8.42 Å². The van der Waals surface area contributed by atoms with E-state index in [4.69, 9.17) is 5.73 Å². The van der Waals surface area contributed by atoms with Gasteiger partial charge >= 0.3 is 0 Å². The molecule has 1 saturated heterocycles. The number of hydrogen-bond donors (Lipinski definition) is 1. The molecular formula is C14H20N4O2S. The first-order valence-corrected chi connectivity index (χ1v) is 8.94. The quantitative estimate of drug-likeness (QED) is 0.865. The predicted molar refractivity (Wildman–Crippen MR) is 83.1 cm³/mol. The van der Waals surface area contributed by atoms with Crippen molar-refractivity contribution in [2.24, 2.45) is 0 Å². The van der Waals surface area contributed by atoms with Crippen LogP contribution in [0.15, 0.2) is 0 Å². The summed E-state index contributed by atoms with van der Waals surface area (Å²) in [6.07, 6.45) is 1.27. The molecule has 0 unspecified atom stereocenters. The highest BCUT2D eigenvalue weighted by atomic mass is 32.2. The summed E-state index contributed by atoms with van der Waals surface area (Å²) in [7, 11) is -2.87. The zero-order chi connectivity index (χ0) is 15.4. The number of rotatable bonds is 1. The van der Waals surface area contributed by atoms with E-state index in [2.05, 4.69) is 14.5 Å². The first-order valence-electron chi connectivity index (χ1n) is 7.12. The van der Waals surface area contributed by atoms with Crippen LogP contribution in [0.3, 0.4) is 0 Å². The molecule has 21 heavy (non-hydrogen) atoms. The summed E-state index contributed by atoms with van der Waals surface area (Å²) >= 11 is 0. The van der Waals surface area contributed by atoms with Crippen LogP contribution in [0.2, 0.25) is 0 Å². The van der Waals surface area contributed by atoms with Crippen LogP contribution in [0.4, 0.5) is 5.82 Å². The maximum Gasteiger partial charge on any atom is 0.150 e. The molecule has 2 aromatic rings. The monoisotopic (exact) mass is 308 g/mol. The Labute approximate surface area is 124 Å². The van der Waals surface area contributed by atoms with Gasteiger partial charge in [0.25, 0.3) is 0 Å². The number of sulfone groups is 1. The molecule has 1 fully saturated rings. The molecule has 0 radical (unpaired) electrons. The lowest BCUT2D eigenvalue weighted by Gasteiger charge is -2.25. The van der Waals surface area contributed by atoms with Crippen LogP contribution in [0, 0.1) is 20.8 Å². The van der Waals surface area contributed by atoms with Crippen LogP contribution in [0.1, 0.15) is 36.0 Å². The zero-order valence-corrected chi connectivity index (χ0v) is 13.4. The van der Waals surface area contributed by atoms with Gasteiger partial charge in [-0.15, -0.1) is 0 Å². The van der Waals surface area contributed by atoms with Crippen LogP contribution in [0.5, 0.6) is 0 Å². The third-order valence-corrected chi connectivity index (χ3v) is 6.14. The van der Waals surface area contributed by atoms with E-state index in [1.54, 1.807) is 0 Å². The Morgan fingerprint density at radius 3 is 2.38 bits per heavy atom. The van der Waals surface area contributed by atoms with Crippen molar-refractivity contribution in [1.29, 1.82) is 0 Å².